The maximum absolute atomic E-state index is 11.0. The van der Waals surface area contributed by atoms with Gasteiger partial charge in [-0.15, -0.1) is 10.2 Å². The number of azo groups is 1. The van der Waals surface area contributed by atoms with Gasteiger partial charge in [-0.3, -0.25) is 8.42 Å². The Bertz CT molecular complexity index is 644. The Kier molecular flexibility index (Phi) is 4.85. The Morgan fingerprint density at radius 3 is 1.40 bits per heavy atom. The molecule has 2 unspecified atom stereocenters. The molecule has 2 aromatic rings. The first-order valence-corrected chi connectivity index (χ1v) is 7.53. The highest BCUT2D eigenvalue weighted by Gasteiger charge is 2.03. The van der Waals surface area contributed by atoms with E-state index in [1.54, 1.807) is 24.3 Å². The van der Waals surface area contributed by atoms with Gasteiger partial charge in [0.25, 0.3) is 0 Å². The molecule has 0 aromatic heterocycles. The Hall–Kier alpha value is -1.74. The number of rotatable bonds is 4. The quantitative estimate of drug-likeness (QED) is 0.639. The fourth-order valence-electron chi connectivity index (χ4n) is 1.47. The summed E-state index contributed by atoms with van der Waals surface area (Å²) in [6.07, 6.45) is 0. The van der Waals surface area contributed by atoms with Crippen LogP contribution >= 0.6 is 0 Å². The predicted octanol–water partition coefficient (Wildman–Crippen LogP) is 2.58. The van der Waals surface area contributed by atoms with E-state index in [9.17, 15) is 17.5 Å². The van der Waals surface area contributed by atoms with Gasteiger partial charge in [0.2, 0.25) is 0 Å². The van der Waals surface area contributed by atoms with Crippen LogP contribution in [0.4, 0.5) is 11.4 Å². The van der Waals surface area contributed by atoms with Crippen LogP contribution in [0.5, 0.6) is 0 Å². The summed E-state index contributed by atoms with van der Waals surface area (Å²) >= 11 is -4.88. The number of hydrogen-bond donors (Lipinski definition) is 0. The van der Waals surface area contributed by atoms with E-state index in [1.807, 2.05) is 0 Å². The third-order valence-electron chi connectivity index (χ3n) is 2.36. The molecule has 2 aromatic carbocycles. The van der Waals surface area contributed by atoms with Crippen molar-refractivity contribution in [2.45, 2.75) is 9.79 Å². The molecule has 2 rings (SSSR count). The molecule has 0 aliphatic heterocycles. The zero-order valence-electron chi connectivity index (χ0n) is 9.96. The molecule has 0 aliphatic carbocycles. The molecule has 0 heterocycles. The minimum atomic E-state index is -2.44. The lowest BCUT2D eigenvalue weighted by Gasteiger charge is -2.08. The van der Waals surface area contributed by atoms with E-state index in [4.69, 9.17) is 0 Å². The molecule has 8 heteroatoms. The van der Waals surface area contributed by atoms with Crippen LogP contribution in [-0.4, -0.2) is 17.5 Å². The summed E-state index contributed by atoms with van der Waals surface area (Å²) in [7, 11) is 0. The minimum Gasteiger partial charge on any atom is -0.768 e. The first-order valence-electron chi connectivity index (χ1n) is 5.38. The Morgan fingerprint density at radius 2 is 1.05 bits per heavy atom. The Balaban J connectivity index is 2.40. The second-order valence-corrected chi connectivity index (χ2v) is 5.42. The van der Waals surface area contributed by atoms with E-state index in [1.165, 1.54) is 24.3 Å². The Labute approximate surface area is 120 Å². The largest absolute Gasteiger partial charge is 0.768 e. The van der Waals surface area contributed by atoms with Gasteiger partial charge in [-0.05, 0) is 46.4 Å². The number of benzene rings is 2. The van der Waals surface area contributed by atoms with E-state index in [-0.39, 0.29) is 21.2 Å². The highest BCUT2D eigenvalue weighted by atomic mass is 32.2. The molecular formula is C12H8N2O4S2-2. The van der Waals surface area contributed by atoms with Gasteiger partial charge in [0.05, 0.1) is 9.79 Å². The zero-order chi connectivity index (χ0) is 14.5. The molecule has 0 N–H and O–H groups in total. The van der Waals surface area contributed by atoms with Gasteiger partial charge in [0.15, 0.2) is 0 Å². The maximum Gasteiger partial charge on any atom is 0.101 e. The molecular weight excluding hydrogens is 300 g/mol. The van der Waals surface area contributed by atoms with Crippen LogP contribution in [0, 0.1) is 0 Å². The van der Waals surface area contributed by atoms with Crippen molar-refractivity contribution in [1.82, 2.24) is 0 Å². The molecule has 0 aliphatic rings. The summed E-state index contributed by atoms with van der Waals surface area (Å²) in [4.78, 5) is -0.00560. The number of nitrogens with zero attached hydrogens (tertiary/aromatic N) is 2. The highest BCUT2D eigenvalue weighted by molar-refractivity contribution is 7.79. The lowest BCUT2D eigenvalue weighted by atomic mass is 10.3. The van der Waals surface area contributed by atoms with E-state index in [2.05, 4.69) is 10.2 Å². The molecule has 0 spiro atoms. The van der Waals surface area contributed by atoms with Crippen molar-refractivity contribution in [3.63, 3.8) is 0 Å². The van der Waals surface area contributed by atoms with Gasteiger partial charge < -0.3 is 9.11 Å². The molecule has 0 saturated heterocycles. The fourth-order valence-corrected chi connectivity index (χ4v) is 2.41. The molecule has 0 saturated carbocycles. The molecule has 0 fully saturated rings. The van der Waals surface area contributed by atoms with Gasteiger partial charge in [-0.2, -0.15) is 0 Å². The monoisotopic (exact) mass is 308 g/mol. The van der Waals surface area contributed by atoms with Crippen molar-refractivity contribution in [2.75, 3.05) is 0 Å². The summed E-state index contributed by atoms with van der Waals surface area (Å²) in [6, 6.07) is 12.1. The van der Waals surface area contributed by atoms with Crippen LogP contribution < -0.4 is 0 Å². The van der Waals surface area contributed by atoms with E-state index in [0.29, 0.717) is 0 Å². The van der Waals surface area contributed by atoms with Crippen molar-refractivity contribution in [3.8, 4) is 0 Å². The van der Waals surface area contributed by atoms with Gasteiger partial charge in [0.1, 0.15) is 11.4 Å². The smallest absolute Gasteiger partial charge is 0.101 e. The van der Waals surface area contributed by atoms with Crippen molar-refractivity contribution in [1.29, 1.82) is 0 Å². The second kappa shape index (κ2) is 6.62. The van der Waals surface area contributed by atoms with E-state index in [0.717, 1.165) is 0 Å². The minimum absolute atomic E-state index is 0.00280. The van der Waals surface area contributed by atoms with Crippen LogP contribution in [-0.2, 0) is 22.2 Å². The molecule has 0 amide bonds. The van der Waals surface area contributed by atoms with Crippen LogP contribution in [0.1, 0.15) is 0 Å². The van der Waals surface area contributed by atoms with E-state index >= 15 is 0 Å². The van der Waals surface area contributed by atoms with Gasteiger partial charge in [0, 0.05) is 0 Å². The molecule has 104 valence electrons. The average molecular weight is 308 g/mol. The van der Waals surface area contributed by atoms with Crippen LogP contribution in [0.25, 0.3) is 0 Å². The zero-order valence-corrected chi connectivity index (χ0v) is 11.6. The topological polar surface area (TPSA) is 105 Å². The third kappa shape index (κ3) is 3.42. The predicted molar refractivity (Wildman–Crippen MR) is 71.4 cm³/mol. The first-order chi connectivity index (χ1) is 9.59. The summed E-state index contributed by atoms with van der Waals surface area (Å²) in [5, 5.41) is 7.60. The van der Waals surface area contributed by atoms with Crippen molar-refractivity contribution in [3.05, 3.63) is 48.5 Å². The maximum atomic E-state index is 11.0. The summed E-state index contributed by atoms with van der Waals surface area (Å²) in [6.45, 7) is 0. The highest BCUT2D eigenvalue weighted by Crippen LogP contribution is 2.27. The van der Waals surface area contributed by atoms with Crippen molar-refractivity contribution in [2.24, 2.45) is 10.2 Å². The van der Waals surface area contributed by atoms with Crippen LogP contribution in [0.3, 0.4) is 0 Å². The SMILES string of the molecule is O=S([O-])c1ccccc1N=Nc1ccccc1S(=O)[O-]. The Morgan fingerprint density at radius 1 is 0.700 bits per heavy atom. The third-order valence-corrected chi connectivity index (χ3v) is 3.76. The lowest BCUT2D eigenvalue weighted by molar-refractivity contribution is 0.535. The summed E-state index contributed by atoms with van der Waals surface area (Å²) in [5.41, 5.74) is 0.291. The molecule has 0 bridgehead atoms. The summed E-state index contributed by atoms with van der Waals surface area (Å²) < 4.78 is 44.0. The normalized spacial score (nSPS) is 14.3. The van der Waals surface area contributed by atoms with Crippen molar-refractivity contribution < 1.29 is 17.5 Å². The lowest BCUT2D eigenvalue weighted by Crippen LogP contribution is -1.89. The summed E-state index contributed by atoms with van der Waals surface area (Å²) in [5.74, 6) is 0. The van der Waals surface area contributed by atoms with Crippen LogP contribution in [0.2, 0.25) is 0 Å². The standard InChI is InChI=1S/C12H10N2O4S2/c15-19(16)11-7-3-1-5-9(11)13-14-10-6-2-4-8-12(10)20(17)18/h1-8H,(H,15,16)(H,17,18)/p-2. The van der Waals surface area contributed by atoms with Gasteiger partial charge in [-0.25, -0.2) is 0 Å². The van der Waals surface area contributed by atoms with E-state index < -0.39 is 22.2 Å². The molecule has 6 nitrogen and oxygen atoms in total. The molecule has 2 atom stereocenters. The second-order valence-electron chi connectivity index (χ2n) is 3.60. The fraction of sp³-hybridized carbons (Fsp3) is 0. The molecule has 0 radical (unpaired) electrons. The van der Waals surface area contributed by atoms with Crippen molar-refractivity contribution >= 4 is 33.5 Å². The number of hydrogen-bond acceptors (Lipinski definition) is 6. The van der Waals surface area contributed by atoms with Gasteiger partial charge in [-0.1, -0.05) is 24.3 Å². The van der Waals surface area contributed by atoms with Gasteiger partial charge >= 0.3 is 0 Å². The molecule has 20 heavy (non-hydrogen) atoms. The average Bonchev–Trinajstić information content (AvgIpc) is 2.45. The first kappa shape index (κ1) is 14.7. The van der Waals surface area contributed by atoms with Crippen LogP contribution in [0.15, 0.2) is 68.6 Å².